The number of hydrogen-bond acceptors (Lipinski definition) is 0. The Bertz CT molecular complexity index is 15.9. The van der Waals surface area contributed by atoms with Crippen LogP contribution in [-0.4, -0.2) is 0 Å². The SMILES string of the molecule is CCC[CH2][Ti][CH3]. The Morgan fingerprint density at radius 2 is 2.17 bits per heavy atom. The average Bonchev–Trinajstić information content (AvgIpc) is 1.61. The zero-order valence-electron chi connectivity index (χ0n) is 4.62. The van der Waals surface area contributed by atoms with Gasteiger partial charge in [0.1, 0.15) is 0 Å². The van der Waals surface area contributed by atoms with Crippen molar-refractivity contribution >= 4 is 0 Å². The topological polar surface area (TPSA) is 0 Å². The first kappa shape index (κ1) is 6.71. The second-order valence-corrected chi connectivity index (χ2v) is 3.34. The number of hydrogen-bond donors (Lipinski definition) is 0. The van der Waals surface area contributed by atoms with Crippen LogP contribution in [0.3, 0.4) is 0 Å². The van der Waals surface area contributed by atoms with Gasteiger partial charge in [0.2, 0.25) is 0 Å². The second-order valence-electron chi connectivity index (χ2n) is 1.46. The Hall–Kier alpha value is 0.714. The van der Waals surface area contributed by atoms with Crippen molar-refractivity contribution in [3.8, 4) is 0 Å². The molecule has 0 aromatic rings. The van der Waals surface area contributed by atoms with Gasteiger partial charge in [0.15, 0.2) is 0 Å². The van der Waals surface area contributed by atoms with Crippen LogP contribution in [0.2, 0.25) is 9.95 Å². The van der Waals surface area contributed by atoms with Gasteiger partial charge < -0.3 is 0 Å². The van der Waals surface area contributed by atoms with Crippen molar-refractivity contribution in [3.05, 3.63) is 0 Å². The van der Waals surface area contributed by atoms with E-state index in [2.05, 4.69) is 12.2 Å². The van der Waals surface area contributed by atoms with Crippen LogP contribution in [0.15, 0.2) is 0 Å². The van der Waals surface area contributed by atoms with Crippen LogP contribution in [0.1, 0.15) is 19.8 Å². The molecule has 0 radical (unpaired) electrons. The molecule has 0 aliphatic rings. The van der Waals surface area contributed by atoms with Crippen molar-refractivity contribution in [3.63, 3.8) is 0 Å². The molecular formula is C5H12Ti. The molecule has 0 aliphatic heterocycles. The van der Waals surface area contributed by atoms with Crippen LogP contribution < -0.4 is 0 Å². The van der Waals surface area contributed by atoms with Gasteiger partial charge in [-0.2, -0.15) is 0 Å². The third-order valence-corrected chi connectivity index (χ3v) is 2.11. The molecule has 0 unspecified atom stereocenters. The molecule has 0 aliphatic carbocycles. The van der Waals surface area contributed by atoms with E-state index < -0.39 is 0 Å². The fourth-order valence-electron chi connectivity index (χ4n) is 0.354. The molecule has 36 valence electrons. The van der Waals surface area contributed by atoms with Gasteiger partial charge in [0.25, 0.3) is 0 Å². The Morgan fingerprint density at radius 1 is 1.50 bits per heavy atom. The summed E-state index contributed by atoms with van der Waals surface area (Å²) in [5.41, 5.74) is 0. The molecule has 0 saturated heterocycles. The molecule has 0 N–H and O–H groups in total. The van der Waals surface area contributed by atoms with Crippen LogP contribution in [0.4, 0.5) is 0 Å². The Labute approximate surface area is 49.2 Å². The van der Waals surface area contributed by atoms with E-state index in [9.17, 15) is 0 Å². The van der Waals surface area contributed by atoms with Crippen LogP contribution in [0.5, 0.6) is 0 Å². The van der Waals surface area contributed by atoms with E-state index in [1.807, 2.05) is 0 Å². The molecule has 0 amide bonds. The van der Waals surface area contributed by atoms with E-state index in [1.165, 1.54) is 17.6 Å². The van der Waals surface area contributed by atoms with E-state index in [4.69, 9.17) is 0 Å². The van der Waals surface area contributed by atoms with Crippen LogP contribution in [0, 0.1) is 0 Å². The molecule has 0 rings (SSSR count). The standard InChI is InChI=1S/C4H9.CH3.Ti/c1-3-4-2;;/h1,3-4H2,2H3;1H3;. The van der Waals surface area contributed by atoms with Gasteiger partial charge in [-0.15, -0.1) is 0 Å². The number of rotatable bonds is 3. The number of unbranched alkanes of at least 4 members (excludes halogenated alkanes) is 1. The van der Waals surface area contributed by atoms with Crippen LogP contribution >= 0.6 is 0 Å². The van der Waals surface area contributed by atoms with Gasteiger partial charge in [-0.3, -0.25) is 0 Å². The summed E-state index contributed by atoms with van der Waals surface area (Å²) >= 11 is 0.498. The summed E-state index contributed by atoms with van der Waals surface area (Å²) in [6, 6.07) is 0. The quantitative estimate of drug-likeness (QED) is 0.396. The molecule has 0 nitrogen and oxygen atoms in total. The van der Waals surface area contributed by atoms with Gasteiger partial charge in [0.05, 0.1) is 0 Å². The monoisotopic (exact) mass is 120 g/mol. The van der Waals surface area contributed by atoms with E-state index in [0.29, 0.717) is 19.2 Å². The molecule has 0 heterocycles. The van der Waals surface area contributed by atoms with Crippen molar-refractivity contribution in [1.29, 1.82) is 0 Å². The van der Waals surface area contributed by atoms with E-state index >= 15 is 0 Å². The first-order chi connectivity index (χ1) is 2.91. The molecular weight excluding hydrogens is 108 g/mol. The van der Waals surface area contributed by atoms with Crippen molar-refractivity contribution in [1.82, 2.24) is 0 Å². The normalized spacial score (nSPS) is 8.33. The molecule has 0 spiro atoms. The Morgan fingerprint density at radius 3 is 2.33 bits per heavy atom. The zero-order valence-corrected chi connectivity index (χ0v) is 6.18. The van der Waals surface area contributed by atoms with Crippen molar-refractivity contribution in [2.24, 2.45) is 0 Å². The summed E-state index contributed by atoms with van der Waals surface area (Å²) in [6.07, 6.45) is 2.86. The van der Waals surface area contributed by atoms with Gasteiger partial charge in [-0.05, 0) is 0 Å². The van der Waals surface area contributed by atoms with Gasteiger partial charge in [-0.1, -0.05) is 0 Å². The molecule has 6 heavy (non-hydrogen) atoms. The average molecular weight is 120 g/mol. The predicted molar refractivity (Wildman–Crippen MR) is 25.6 cm³/mol. The van der Waals surface area contributed by atoms with Crippen molar-refractivity contribution in [2.45, 2.75) is 29.7 Å². The maximum atomic E-state index is 2.36. The molecule has 0 bridgehead atoms. The summed E-state index contributed by atoms with van der Waals surface area (Å²) in [5.74, 6) is 0. The van der Waals surface area contributed by atoms with E-state index in [0.717, 1.165) is 0 Å². The fourth-order valence-corrected chi connectivity index (χ4v) is 1.46. The summed E-state index contributed by atoms with van der Waals surface area (Å²) in [7, 11) is 0. The maximum absolute atomic E-state index is 2.36. The first-order valence-corrected chi connectivity index (χ1v) is 5.23. The van der Waals surface area contributed by atoms with Crippen molar-refractivity contribution in [2.75, 3.05) is 0 Å². The summed E-state index contributed by atoms with van der Waals surface area (Å²) < 4.78 is 1.54. The summed E-state index contributed by atoms with van der Waals surface area (Å²) in [6.45, 7) is 2.25. The summed E-state index contributed by atoms with van der Waals surface area (Å²) in [5, 5.41) is 2.36. The van der Waals surface area contributed by atoms with Gasteiger partial charge in [0, 0.05) is 0 Å². The van der Waals surface area contributed by atoms with E-state index in [1.54, 1.807) is 0 Å². The molecule has 0 fully saturated rings. The summed E-state index contributed by atoms with van der Waals surface area (Å²) in [4.78, 5) is 0. The Balaban J connectivity index is 2.34. The van der Waals surface area contributed by atoms with Crippen LogP contribution in [0.25, 0.3) is 0 Å². The van der Waals surface area contributed by atoms with Crippen LogP contribution in [-0.2, 0) is 19.2 Å². The Kier molecular flexibility index (Phi) is 6.39. The first-order valence-electron chi connectivity index (χ1n) is 2.56. The molecule has 0 saturated carbocycles. The third-order valence-electron chi connectivity index (χ3n) is 0.780. The molecule has 0 aromatic heterocycles. The minimum absolute atomic E-state index is 0.498. The molecule has 0 aromatic carbocycles. The molecule has 0 atom stereocenters. The second kappa shape index (κ2) is 5.71. The zero-order chi connectivity index (χ0) is 4.83. The molecule has 1 heteroatoms. The van der Waals surface area contributed by atoms with Crippen molar-refractivity contribution < 1.29 is 19.2 Å². The van der Waals surface area contributed by atoms with E-state index in [-0.39, 0.29) is 0 Å². The van der Waals surface area contributed by atoms with Gasteiger partial charge in [-0.25, -0.2) is 0 Å². The van der Waals surface area contributed by atoms with Gasteiger partial charge >= 0.3 is 48.9 Å². The minimum atomic E-state index is 0.498. The predicted octanol–water partition coefficient (Wildman–Crippen LogP) is 2.34. The third kappa shape index (κ3) is 4.71. The fraction of sp³-hybridized carbons (Fsp3) is 1.00.